The van der Waals surface area contributed by atoms with Crippen molar-refractivity contribution in [2.75, 3.05) is 6.61 Å². The van der Waals surface area contributed by atoms with Gasteiger partial charge in [0.05, 0.1) is 0 Å². The number of rotatable bonds is 5. The summed E-state index contributed by atoms with van der Waals surface area (Å²) >= 11 is -1.23. The molecule has 0 N–H and O–H groups in total. The first-order valence-electron chi connectivity index (χ1n) is 4.45. The monoisotopic (exact) mass is 238 g/mol. The standard InChI is InChI=1S/C11H15AsO/c1-3-10-13-12(4-2)11-8-6-5-7-9-11/h3,5-9H,1,4,10H2,2H3. The van der Waals surface area contributed by atoms with E-state index in [1.54, 1.807) is 0 Å². The predicted octanol–water partition coefficient (Wildman–Crippen LogP) is 2.11. The molecule has 1 atom stereocenters. The molecule has 0 spiro atoms. The SMILES string of the molecule is C=CCO[As](CC)c1ccccc1. The average Bonchev–Trinajstić information content (AvgIpc) is 2.21. The quantitative estimate of drug-likeness (QED) is 0.564. The van der Waals surface area contributed by atoms with Crippen LogP contribution in [0.5, 0.6) is 0 Å². The van der Waals surface area contributed by atoms with Gasteiger partial charge in [-0.2, -0.15) is 0 Å². The Morgan fingerprint density at radius 1 is 1.38 bits per heavy atom. The fourth-order valence-electron chi connectivity index (χ4n) is 1.09. The Hall–Kier alpha value is -0.522. The van der Waals surface area contributed by atoms with Gasteiger partial charge in [-0.3, -0.25) is 0 Å². The van der Waals surface area contributed by atoms with E-state index in [1.807, 2.05) is 12.1 Å². The minimum atomic E-state index is -1.23. The van der Waals surface area contributed by atoms with Crippen LogP contribution in [-0.2, 0) is 3.73 Å². The molecule has 0 amide bonds. The van der Waals surface area contributed by atoms with E-state index in [0.717, 1.165) is 5.21 Å². The summed E-state index contributed by atoms with van der Waals surface area (Å²) in [6.07, 6.45) is 1.82. The van der Waals surface area contributed by atoms with E-state index in [2.05, 4.69) is 37.8 Å². The van der Waals surface area contributed by atoms with Crippen LogP contribution in [0.1, 0.15) is 6.92 Å². The van der Waals surface area contributed by atoms with Crippen LogP contribution in [0.15, 0.2) is 43.0 Å². The minimum absolute atomic E-state index is 0.683. The van der Waals surface area contributed by atoms with Gasteiger partial charge in [0.2, 0.25) is 0 Å². The Kier molecular flexibility index (Phi) is 4.88. The van der Waals surface area contributed by atoms with E-state index >= 15 is 0 Å². The first kappa shape index (κ1) is 10.6. The van der Waals surface area contributed by atoms with Crippen LogP contribution in [0.25, 0.3) is 0 Å². The van der Waals surface area contributed by atoms with E-state index in [-0.39, 0.29) is 0 Å². The summed E-state index contributed by atoms with van der Waals surface area (Å²) in [5.41, 5.74) is 0. The van der Waals surface area contributed by atoms with Crippen molar-refractivity contribution in [3.63, 3.8) is 0 Å². The van der Waals surface area contributed by atoms with Gasteiger partial charge < -0.3 is 0 Å². The van der Waals surface area contributed by atoms with Crippen molar-refractivity contribution < 1.29 is 3.73 Å². The van der Waals surface area contributed by atoms with Crippen LogP contribution < -0.4 is 4.35 Å². The van der Waals surface area contributed by atoms with Gasteiger partial charge in [0.1, 0.15) is 0 Å². The second-order valence-electron chi connectivity index (χ2n) is 2.61. The molecule has 0 heterocycles. The topological polar surface area (TPSA) is 9.23 Å². The summed E-state index contributed by atoms with van der Waals surface area (Å²) < 4.78 is 7.14. The van der Waals surface area contributed by atoms with E-state index in [0.29, 0.717) is 6.61 Å². The zero-order valence-electron chi connectivity index (χ0n) is 7.94. The maximum atomic E-state index is 5.75. The summed E-state index contributed by atoms with van der Waals surface area (Å²) in [4.78, 5) is 0. The second-order valence-corrected chi connectivity index (χ2v) is 7.16. The number of benzene rings is 1. The number of hydrogen-bond acceptors (Lipinski definition) is 1. The van der Waals surface area contributed by atoms with E-state index in [4.69, 9.17) is 3.73 Å². The average molecular weight is 238 g/mol. The molecule has 0 aliphatic carbocycles. The molecule has 70 valence electrons. The van der Waals surface area contributed by atoms with Gasteiger partial charge in [0, 0.05) is 0 Å². The molecule has 1 nitrogen and oxygen atoms in total. The molecule has 0 radical (unpaired) electrons. The van der Waals surface area contributed by atoms with Crippen LogP contribution >= 0.6 is 0 Å². The number of hydrogen-bond donors (Lipinski definition) is 0. The molecule has 0 bridgehead atoms. The van der Waals surface area contributed by atoms with Crippen LogP contribution in [0.4, 0.5) is 0 Å². The van der Waals surface area contributed by atoms with Crippen LogP contribution in [0.3, 0.4) is 0 Å². The molecule has 0 saturated heterocycles. The molecule has 0 aromatic heterocycles. The first-order valence-corrected chi connectivity index (χ1v) is 7.48. The van der Waals surface area contributed by atoms with Gasteiger partial charge in [0.25, 0.3) is 0 Å². The zero-order chi connectivity index (χ0) is 9.52. The fraction of sp³-hybridized carbons (Fsp3) is 0.273. The molecule has 1 aromatic carbocycles. The van der Waals surface area contributed by atoms with Gasteiger partial charge in [-0.25, -0.2) is 0 Å². The van der Waals surface area contributed by atoms with Crippen molar-refractivity contribution in [1.29, 1.82) is 0 Å². The summed E-state index contributed by atoms with van der Waals surface area (Å²) in [6, 6.07) is 10.5. The second kappa shape index (κ2) is 6.01. The van der Waals surface area contributed by atoms with Crippen molar-refractivity contribution in [3.05, 3.63) is 43.0 Å². The molecule has 0 aliphatic heterocycles. The van der Waals surface area contributed by atoms with E-state index < -0.39 is 15.0 Å². The molecule has 13 heavy (non-hydrogen) atoms. The summed E-state index contributed by atoms with van der Waals surface area (Å²) in [5, 5.41) is 1.14. The Bertz CT molecular complexity index is 246. The Morgan fingerprint density at radius 3 is 2.62 bits per heavy atom. The fourth-order valence-corrected chi connectivity index (χ4v) is 4.20. The molecule has 1 aromatic rings. The van der Waals surface area contributed by atoms with Crippen LogP contribution in [-0.4, -0.2) is 21.6 Å². The molecular formula is C11H15AsO. The van der Waals surface area contributed by atoms with Gasteiger partial charge in [-0.15, -0.1) is 0 Å². The molecule has 1 rings (SSSR count). The molecular weight excluding hydrogens is 223 g/mol. The van der Waals surface area contributed by atoms with Gasteiger partial charge in [-0.1, -0.05) is 0 Å². The summed E-state index contributed by atoms with van der Waals surface area (Å²) in [5.74, 6) is 0. The van der Waals surface area contributed by atoms with E-state index in [1.165, 1.54) is 4.35 Å². The maximum absolute atomic E-state index is 5.75. The van der Waals surface area contributed by atoms with Crippen LogP contribution in [0.2, 0.25) is 5.21 Å². The third-order valence-corrected chi connectivity index (χ3v) is 5.69. The Balaban J connectivity index is 2.61. The Morgan fingerprint density at radius 2 is 2.08 bits per heavy atom. The molecule has 1 unspecified atom stereocenters. The third-order valence-electron chi connectivity index (χ3n) is 1.68. The van der Waals surface area contributed by atoms with Gasteiger partial charge in [-0.05, 0) is 0 Å². The molecule has 0 fully saturated rings. The summed E-state index contributed by atoms with van der Waals surface area (Å²) in [6.45, 7) is 6.53. The van der Waals surface area contributed by atoms with Crippen molar-refractivity contribution >= 4 is 19.3 Å². The first-order chi connectivity index (χ1) is 6.38. The normalized spacial score (nSPS) is 12.4. The molecule has 2 heteroatoms. The van der Waals surface area contributed by atoms with Gasteiger partial charge in [0.15, 0.2) is 0 Å². The van der Waals surface area contributed by atoms with Gasteiger partial charge >= 0.3 is 84.8 Å². The zero-order valence-corrected chi connectivity index (χ0v) is 9.82. The molecule has 0 aliphatic rings. The van der Waals surface area contributed by atoms with Crippen molar-refractivity contribution in [3.8, 4) is 0 Å². The van der Waals surface area contributed by atoms with Crippen LogP contribution in [0, 0.1) is 0 Å². The van der Waals surface area contributed by atoms with E-state index in [9.17, 15) is 0 Å². The van der Waals surface area contributed by atoms with Crippen molar-refractivity contribution in [2.45, 2.75) is 12.1 Å². The van der Waals surface area contributed by atoms with Crippen molar-refractivity contribution in [1.82, 2.24) is 0 Å². The Labute approximate surface area is 85.0 Å². The third kappa shape index (κ3) is 3.38. The predicted molar refractivity (Wildman–Crippen MR) is 58.5 cm³/mol. The summed E-state index contributed by atoms with van der Waals surface area (Å²) in [7, 11) is 0. The molecule has 0 saturated carbocycles. The van der Waals surface area contributed by atoms with Crippen molar-refractivity contribution in [2.24, 2.45) is 0 Å².